The number of nitrogens with zero attached hydrogens (tertiary/aromatic N) is 1. The predicted octanol–water partition coefficient (Wildman–Crippen LogP) is 8.96. The number of unbranched alkanes of at least 4 members (excludes halogenated alkanes) is 7. The van der Waals surface area contributed by atoms with Gasteiger partial charge >= 0.3 is 6.09 Å². The number of allylic oxidation sites excluding steroid dienone is 4. The molecule has 0 radical (unpaired) electrons. The minimum Gasteiger partial charge on any atom is -0.442 e. The highest BCUT2D eigenvalue weighted by Gasteiger charge is 2.19. The number of carbonyl (C=O) groups is 2. The van der Waals surface area contributed by atoms with Gasteiger partial charge in [-0.25, -0.2) is 9.78 Å². The van der Waals surface area contributed by atoms with Gasteiger partial charge in [0.2, 0.25) is 0 Å². The van der Waals surface area contributed by atoms with Gasteiger partial charge in [0.15, 0.2) is 12.4 Å². The predicted molar refractivity (Wildman–Crippen MR) is 160 cm³/mol. The number of hydrogen-bond donors (Lipinski definition) is 1. The zero-order valence-corrected chi connectivity index (χ0v) is 24.6. The van der Waals surface area contributed by atoms with E-state index in [0.29, 0.717) is 6.54 Å². The van der Waals surface area contributed by atoms with E-state index in [0.717, 1.165) is 68.6 Å². The summed E-state index contributed by atoms with van der Waals surface area (Å²) in [5, 5.41) is 3.68. The summed E-state index contributed by atoms with van der Waals surface area (Å²) in [5.41, 5.74) is 0. The molecule has 0 aliphatic rings. The van der Waals surface area contributed by atoms with Crippen molar-refractivity contribution in [3.05, 3.63) is 48.7 Å². The number of carbonyl (C=O) groups excluding carboxylic acids is 2. The molecule has 1 heterocycles. The van der Waals surface area contributed by atoms with Crippen molar-refractivity contribution in [3.63, 3.8) is 0 Å². The van der Waals surface area contributed by atoms with Crippen LogP contribution in [0.5, 0.6) is 0 Å². The molecular formula is C30H48N2O3S2. The average molecular weight is 549 g/mol. The number of aromatic nitrogens is 1. The van der Waals surface area contributed by atoms with Crippen LogP contribution < -0.4 is 5.32 Å². The van der Waals surface area contributed by atoms with E-state index in [9.17, 15) is 9.59 Å². The number of ether oxygens (including phenoxy) is 1. The summed E-state index contributed by atoms with van der Waals surface area (Å²) < 4.78 is 5.25. The second kappa shape index (κ2) is 24.6. The van der Waals surface area contributed by atoms with Crippen molar-refractivity contribution in [1.82, 2.24) is 10.3 Å². The normalized spacial score (nSPS) is 12.3. The monoisotopic (exact) mass is 548 g/mol. The van der Waals surface area contributed by atoms with Gasteiger partial charge in [-0.1, -0.05) is 100.0 Å². The summed E-state index contributed by atoms with van der Waals surface area (Å²) in [5.74, 6) is 0.790. The Labute approximate surface area is 233 Å². The molecule has 0 aliphatic carbocycles. The first kappa shape index (κ1) is 33.3. The molecule has 1 unspecified atom stereocenters. The van der Waals surface area contributed by atoms with Gasteiger partial charge in [-0.3, -0.25) is 4.79 Å². The molecule has 1 atom stereocenters. The molecule has 1 N–H and O–H groups in total. The topological polar surface area (TPSA) is 68.3 Å². The minimum absolute atomic E-state index is 0.00511. The Morgan fingerprint density at radius 3 is 2.46 bits per heavy atom. The molecule has 0 saturated heterocycles. The lowest BCUT2D eigenvalue weighted by atomic mass is 9.91. The SMILES string of the molecule is CCC=CCC=CCCCCCC(CCCCCCC)C(=O)COC(=O)NCCSSc1ccccn1. The van der Waals surface area contributed by atoms with Gasteiger partial charge in [0, 0.05) is 24.4 Å². The van der Waals surface area contributed by atoms with E-state index in [1.807, 2.05) is 18.2 Å². The number of rotatable bonds is 23. The highest BCUT2D eigenvalue weighted by molar-refractivity contribution is 8.76. The van der Waals surface area contributed by atoms with Crippen molar-refractivity contribution in [2.24, 2.45) is 5.92 Å². The summed E-state index contributed by atoms with van der Waals surface area (Å²) >= 11 is 0. The third-order valence-corrected chi connectivity index (χ3v) is 8.23. The van der Waals surface area contributed by atoms with Crippen molar-refractivity contribution in [1.29, 1.82) is 0 Å². The van der Waals surface area contributed by atoms with Crippen LogP contribution in [0, 0.1) is 5.92 Å². The Bertz CT molecular complexity index is 756. The largest absolute Gasteiger partial charge is 0.442 e. The Hall–Kier alpha value is -1.73. The van der Waals surface area contributed by atoms with Crippen LogP contribution in [0.1, 0.15) is 97.3 Å². The highest BCUT2D eigenvalue weighted by atomic mass is 33.1. The van der Waals surface area contributed by atoms with Crippen molar-refractivity contribution < 1.29 is 14.3 Å². The zero-order valence-electron chi connectivity index (χ0n) is 23.0. The van der Waals surface area contributed by atoms with Crippen LogP contribution in [-0.4, -0.2) is 35.8 Å². The van der Waals surface area contributed by atoms with Crippen LogP contribution in [0.3, 0.4) is 0 Å². The highest BCUT2D eigenvalue weighted by Crippen LogP contribution is 2.28. The van der Waals surface area contributed by atoms with E-state index in [1.165, 1.54) is 25.7 Å². The van der Waals surface area contributed by atoms with Crippen LogP contribution in [0.25, 0.3) is 0 Å². The number of nitrogens with one attached hydrogen (secondary N) is 1. The van der Waals surface area contributed by atoms with E-state index in [4.69, 9.17) is 4.74 Å². The van der Waals surface area contributed by atoms with Crippen LogP contribution in [0.2, 0.25) is 0 Å². The van der Waals surface area contributed by atoms with Gasteiger partial charge in [-0.2, -0.15) is 0 Å². The molecule has 0 spiro atoms. The fourth-order valence-corrected chi connectivity index (χ4v) is 5.63. The molecule has 37 heavy (non-hydrogen) atoms. The molecule has 0 saturated carbocycles. The molecule has 0 aromatic carbocycles. The maximum absolute atomic E-state index is 12.9. The molecule has 0 bridgehead atoms. The molecule has 1 aromatic heterocycles. The Morgan fingerprint density at radius 2 is 1.73 bits per heavy atom. The van der Waals surface area contributed by atoms with E-state index in [-0.39, 0.29) is 18.3 Å². The van der Waals surface area contributed by atoms with Crippen molar-refractivity contribution in [2.45, 2.75) is 102 Å². The number of Topliss-reactive ketones (excluding diaryl/α,β-unsaturated/α-hetero) is 1. The Kier molecular flexibility index (Phi) is 22.1. The molecule has 5 nitrogen and oxygen atoms in total. The lowest BCUT2D eigenvalue weighted by Crippen LogP contribution is -2.30. The van der Waals surface area contributed by atoms with Crippen LogP contribution in [-0.2, 0) is 9.53 Å². The summed E-state index contributed by atoms with van der Waals surface area (Å²) in [6, 6.07) is 5.79. The first-order valence-corrected chi connectivity index (χ1v) is 16.4. The maximum atomic E-state index is 12.9. The standard InChI is InChI=1S/C30H48N2O3S2/c1-3-5-7-9-10-11-12-13-15-17-21-27(20-16-14-8-6-4-2)28(33)26-35-30(34)32-24-25-36-37-29-22-18-19-23-31-29/h5,7,10-11,18-19,22-23,27H,3-4,6,8-9,12-17,20-21,24-26H2,1-2H3,(H,32,34). The van der Waals surface area contributed by atoms with Gasteiger partial charge in [0.05, 0.1) is 0 Å². The molecule has 0 aliphatic heterocycles. The number of alkyl carbamates (subject to hydrolysis) is 1. The van der Waals surface area contributed by atoms with Crippen LogP contribution in [0.15, 0.2) is 53.7 Å². The number of amides is 1. The summed E-state index contributed by atoms with van der Waals surface area (Å²) in [4.78, 5) is 29.2. The van der Waals surface area contributed by atoms with Gasteiger partial charge in [0.25, 0.3) is 0 Å². The summed E-state index contributed by atoms with van der Waals surface area (Å²) in [7, 11) is 3.20. The first-order chi connectivity index (χ1) is 18.2. The second-order valence-corrected chi connectivity index (χ2v) is 11.6. The quantitative estimate of drug-likeness (QED) is 0.0836. The lowest BCUT2D eigenvalue weighted by molar-refractivity contribution is -0.126. The summed E-state index contributed by atoms with van der Waals surface area (Å²) in [6.45, 7) is 4.72. The number of hydrogen-bond acceptors (Lipinski definition) is 6. The maximum Gasteiger partial charge on any atom is 0.407 e. The second-order valence-electron chi connectivity index (χ2n) is 9.17. The molecule has 7 heteroatoms. The Morgan fingerprint density at radius 1 is 0.973 bits per heavy atom. The number of pyridine rings is 1. The first-order valence-electron chi connectivity index (χ1n) is 14.1. The van der Waals surface area contributed by atoms with Gasteiger partial charge < -0.3 is 10.1 Å². The number of ketones is 1. The Balaban J connectivity index is 2.26. The molecule has 1 aromatic rings. The molecule has 1 rings (SSSR count). The molecule has 0 fully saturated rings. The van der Waals surface area contributed by atoms with Crippen LogP contribution >= 0.6 is 21.6 Å². The van der Waals surface area contributed by atoms with E-state index >= 15 is 0 Å². The third kappa shape index (κ3) is 20.0. The average Bonchev–Trinajstić information content (AvgIpc) is 2.91. The fourth-order valence-electron chi connectivity index (χ4n) is 3.84. The summed E-state index contributed by atoms with van der Waals surface area (Å²) in [6.07, 6.45) is 24.4. The third-order valence-electron chi connectivity index (χ3n) is 5.96. The zero-order chi connectivity index (χ0) is 26.8. The van der Waals surface area contributed by atoms with E-state index in [2.05, 4.69) is 48.5 Å². The van der Waals surface area contributed by atoms with Crippen molar-refractivity contribution in [3.8, 4) is 0 Å². The van der Waals surface area contributed by atoms with Crippen LogP contribution in [0.4, 0.5) is 4.79 Å². The van der Waals surface area contributed by atoms with Gasteiger partial charge in [-0.05, 0) is 61.5 Å². The molecular weight excluding hydrogens is 500 g/mol. The fraction of sp³-hybridized carbons (Fsp3) is 0.633. The van der Waals surface area contributed by atoms with Gasteiger partial charge in [0.1, 0.15) is 5.03 Å². The lowest BCUT2D eigenvalue weighted by Gasteiger charge is -2.16. The van der Waals surface area contributed by atoms with E-state index in [1.54, 1.807) is 27.8 Å². The van der Waals surface area contributed by atoms with E-state index < -0.39 is 6.09 Å². The minimum atomic E-state index is -0.515. The van der Waals surface area contributed by atoms with Crippen molar-refractivity contribution in [2.75, 3.05) is 18.9 Å². The van der Waals surface area contributed by atoms with Gasteiger partial charge in [-0.15, -0.1) is 0 Å². The van der Waals surface area contributed by atoms with Crippen molar-refractivity contribution >= 4 is 33.5 Å². The molecule has 1 amide bonds. The molecule has 208 valence electrons. The smallest absolute Gasteiger partial charge is 0.407 e.